The van der Waals surface area contributed by atoms with E-state index in [4.69, 9.17) is 0 Å². The predicted molar refractivity (Wildman–Crippen MR) is 105 cm³/mol. The van der Waals surface area contributed by atoms with Gasteiger partial charge in [-0.05, 0) is 19.2 Å². The number of rotatable bonds is 6. The number of benzene rings is 2. The maximum absolute atomic E-state index is 13.8. The van der Waals surface area contributed by atoms with Crippen LogP contribution in [0.2, 0.25) is 0 Å². The fourth-order valence-corrected chi connectivity index (χ4v) is 3.41. The van der Waals surface area contributed by atoms with E-state index in [0.717, 1.165) is 6.07 Å². The number of hydrogen-bond acceptors (Lipinski definition) is 5. The second-order valence-electron chi connectivity index (χ2n) is 7.02. The molecule has 3 rings (SSSR count). The predicted octanol–water partition coefficient (Wildman–Crippen LogP) is 2.65. The molecule has 0 aromatic heterocycles. The standard InChI is InChI=1S/C20H22F2N4O3/c1-23(13-15-6-7-16(21)12-17(15)22)14-20(27)25-10-8-24(9-11-25)18-4-2-3-5-19(18)26(28)29/h2-7,12H,8-11,13-14H2,1H3. The molecule has 0 N–H and O–H groups in total. The normalized spacial score (nSPS) is 14.3. The summed E-state index contributed by atoms with van der Waals surface area (Å²) in [6.45, 7) is 2.17. The molecule has 154 valence electrons. The zero-order valence-corrected chi connectivity index (χ0v) is 16.1. The summed E-state index contributed by atoms with van der Waals surface area (Å²) in [4.78, 5) is 28.6. The number of likely N-dealkylation sites (N-methyl/N-ethyl adjacent to an activating group) is 1. The lowest BCUT2D eigenvalue weighted by Crippen LogP contribution is -2.51. The first-order valence-electron chi connectivity index (χ1n) is 9.24. The molecule has 1 heterocycles. The molecule has 1 saturated heterocycles. The molecule has 29 heavy (non-hydrogen) atoms. The van der Waals surface area contributed by atoms with Crippen molar-refractivity contribution in [1.29, 1.82) is 0 Å². The van der Waals surface area contributed by atoms with E-state index in [9.17, 15) is 23.7 Å². The van der Waals surface area contributed by atoms with Crippen molar-refractivity contribution in [3.8, 4) is 0 Å². The average molecular weight is 404 g/mol. The molecule has 0 saturated carbocycles. The number of halogens is 2. The summed E-state index contributed by atoms with van der Waals surface area (Å²) < 4.78 is 26.8. The number of amides is 1. The van der Waals surface area contributed by atoms with E-state index in [1.165, 1.54) is 18.2 Å². The van der Waals surface area contributed by atoms with E-state index in [0.29, 0.717) is 37.4 Å². The lowest BCUT2D eigenvalue weighted by molar-refractivity contribution is -0.384. The van der Waals surface area contributed by atoms with Crippen LogP contribution in [0, 0.1) is 21.7 Å². The molecule has 2 aromatic rings. The number of nitrogens with zero attached hydrogens (tertiary/aromatic N) is 4. The van der Waals surface area contributed by atoms with Crippen LogP contribution in [0.15, 0.2) is 42.5 Å². The van der Waals surface area contributed by atoms with Gasteiger partial charge in [0, 0.05) is 50.4 Å². The van der Waals surface area contributed by atoms with Crippen molar-refractivity contribution >= 4 is 17.3 Å². The smallest absolute Gasteiger partial charge is 0.292 e. The van der Waals surface area contributed by atoms with Gasteiger partial charge in [-0.3, -0.25) is 19.8 Å². The van der Waals surface area contributed by atoms with Gasteiger partial charge in [-0.1, -0.05) is 18.2 Å². The first-order valence-corrected chi connectivity index (χ1v) is 9.24. The van der Waals surface area contributed by atoms with Gasteiger partial charge < -0.3 is 9.80 Å². The van der Waals surface area contributed by atoms with Gasteiger partial charge >= 0.3 is 0 Å². The van der Waals surface area contributed by atoms with Crippen LogP contribution in [0.3, 0.4) is 0 Å². The molecule has 1 aliphatic heterocycles. The Hall–Kier alpha value is -3.07. The fourth-order valence-electron chi connectivity index (χ4n) is 3.41. The molecule has 0 aliphatic carbocycles. The van der Waals surface area contributed by atoms with Gasteiger partial charge in [-0.2, -0.15) is 0 Å². The van der Waals surface area contributed by atoms with E-state index in [1.54, 1.807) is 35.0 Å². The molecule has 1 fully saturated rings. The molecule has 1 aliphatic rings. The zero-order chi connectivity index (χ0) is 21.0. The van der Waals surface area contributed by atoms with Crippen molar-refractivity contribution in [3.05, 3.63) is 69.8 Å². The third kappa shape index (κ3) is 5.05. The monoisotopic (exact) mass is 404 g/mol. The quantitative estimate of drug-likeness (QED) is 0.547. The Balaban J connectivity index is 1.54. The Morgan fingerprint density at radius 1 is 1.14 bits per heavy atom. The maximum Gasteiger partial charge on any atom is 0.292 e. The number of carbonyl (C=O) groups is 1. The minimum atomic E-state index is -0.637. The molecular weight excluding hydrogens is 382 g/mol. The topological polar surface area (TPSA) is 69.9 Å². The minimum Gasteiger partial charge on any atom is -0.362 e. The summed E-state index contributed by atoms with van der Waals surface area (Å²) in [5, 5.41) is 11.2. The molecule has 2 aromatic carbocycles. The van der Waals surface area contributed by atoms with Gasteiger partial charge in [0.1, 0.15) is 17.3 Å². The van der Waals surface area contributed by atoms with Crippen LogP contribution in [0.1, 0.15) is 5.56 Å². The molecular formula is C20H22F2N4O3. The van der Waals surface area contributed by atoms with Crippen LogP contribution in [0.5, 0.6) is 0 Å². The zero-order valence-electron chi connectivity index (χ0n) is 16.1. The van der Waals surface area contributed by atoms with Crippen molar-refractivity contribution in [1.82, 2.24) is 9.80 Å². The summed E-state index contributed by atoms with van der Waals surface area (Å²) in [5.74, 6) is -1.37. The van der Waals surface area contributed by atoms with Crippen molar-refractivity contribution < 1.29 is 18.5 Å². The van der Waals surface area contributed by atoms with E-state index < -0.39 is 16.6 Å². The van der Waals surface area contributed by atoms with E-state index in [1.807, 2.05) is 4.90 Å². The van der Waals surface area contributed by atoms with Crippen LogP contribution >= 0.6 is 0 Å². The number of hydrogen-bond donors (Lipinski definition) is 0. The molecule has 1 amide bonds. The van der Waals surface area contributed by atoms with E-state index >= 15 is 0 Å². The van der Waals surface area contributed by atoms with E-state index in [-0.39, 0.29) is 24.7 Å². The largest absolute Gasteiger partial charge is 0.362 e. The molecule has 0 spiro atoms. The molecule has 0 bridgehead atoms. The van der Waals surface area contributed by atoms with Gasteiger partial charge in [-0.25, -0.2) is 8.78 Å². The van der Waals surface area contributed by atoms with Crippen LogP contribution in [0.4, 0.5) is 20.2 Å². The molecule has 0 atom stereocenters. The number of piperazine rings is 1. The summed E-state index contributed by atoms with van der Waals surface area (Å²) in [6.07, 6.45) is 0. The molecule has 9 heteroatoms. The Kier molecular flexibility index (Phi) is 6.38. The number of nitro benzene ring substituents is 1. The number of para-hydroxylation sites is 2. The van der Waals surface area contributed by atoms with Crippen molar-refractivity contribution in [2.75, 3.05) is 44.7 Å². The first kappa shape index (κ1) is 20.7. The van der Waals surface area contributed by atoms with Crippen LogP contribution in [0.25, 0.3) is 0 Å². The maximum atomic E-state index is 13.8. The van der Waals surface area contributed by atoms with Gasteiger partial charge in [0.05, 0.1) is 11.5 Å². The SMILES string of the molecule is CN(CC(=O)N1CCN(c2ccccc2[N+](=O)[O-])CC1)Cc1ccc(F)cc1F. The molecule has 7 nitrogen and oxygen atoms in total. The van der Waals surface area contributed by atoms with Gasteiger partial charge in [0.25, 0.3) is 5.69 Å². The van der Waals surface area contributed by atoms with Gasteiger partial charge in [0.2, 0.25) is 5.91 Å². The Labute approximate surface area is 167 Å². The third-order valence-corrected chi connectivity index (χ3v) is 4.91. The van der Waals surface area contributed by atoms with Crippen molar-refractivity contribution in [2.45, 2.75) is 6.54 Å². The molecule has 0 radical (unpaired) electrons. The van der Waals surface area contributed by atoms with Crippen molar-refractivity contribution in [2.24, 2.45) is 0 Å². The average Bonchev–Trinajstić information content (AvgIpc) is 2.70. The second kappa shape index (κ2) is 8.95. The Morgan fingerprint density at radius 3 is 2.48 bits per heavy atom. The number of carbonyl (C=O) groups excluding carboxylic acids is 1. The summed E-state index contributed by atoms with van der Waals surface area (Å²) in [6, 6.07) is 9.95. The lowest BCUT2D eigenvalue weighted by atomic mass is 10.2. The minimum absolute atomic E-state index is 0.0494. The van der Waals surface area contributed by atoms with Crippen LogP contribution in [-0.4, -0.2) is 60.4 Å². The summed E-state index contributed by atoms with van der Waals surface area (Å²) in [5.41, 5.74) is 0.921. The molecule has 0 unspecified atom stereocenters. The Morgan fingerprint density at radius 2 is 1.83 bits per heavy atom. The van der Waals surface area contributed by atoms with Gasteiger partial charge in [0.15, 0.2) is 0 Å². The third-order valence-electron chi connectivity index (χ3n) is 4.91. The first-order chi connectivity index (χ1) is 13.8. The number of anilines is 1. The highest BCUT2D eigenvalue weighted by molar-refractivity contribution is 5.78. The fraction of sp³-hybridized carbons (Fsp3) is 0.350. The van der Waals surface area contributed by atoms with Gasteiger partial charge in [-0.15, -0.1) is 0 Å². The van der Waals surface area contributed by atoms with Crippen molar-refractivity contribution in [3.63, 3.8) is 0 Å². The number of nitro groups is 1. The lowest BCUT2D eigenvalue weighted by Gasteiger charge is -2.36. The van der Waals surface area contributed by atoms with Crippen LogP contribution < -0.4 is 4.90 Å². The summed E-state index contributed by atoms with van der Waals surface area (Å²) >= 11 is 0. The van der Waals surface area contributed by atoms with E-state index in [2.05, 4.69) is 0 Å². The highest BCUT2D eigenvalue weighted by Gasteiger charge is 2.26. The highest BCUT2D eigenvalue weighted by Crippen LogP contribution is 2.28. The highest BCUT2D eigenvalue weighted by atomic mass is 19.1. The Bertz CT molecular complexity index is 901. The second-order valence-corrected chi connectivity index (χ2v) is 7.02. The summed E-state index contributed by atoms with van der Waals surface area (Å²) in [7, 11) is 1.70. The van der Waals surface area contributed by atoms with Crippen LogP contribution in [-0.2, 0) is 11.3 Å².